The Morgan fingerprint density at radius 1 is 1.32 bits per heavy atom. The molecule has 2 rings (SSSR count). The lowest BCUT2D eigenvalue weighted by atomic mass is 9.91. The summed E-state index contributed by atoms with van der Waals surface area (Å²) >= 11 is 0. The lowest BCUT2D eigenvalue weighted by molar-refractivity contribution is -0.127. The smallest absolute Gasteiger partial charge is 0.246 e. The highest BCUT2D eigenvalue weighted by atomic mass is 16.2. The quantitative estimate of drug-likeness (QED) is 0.846. The van der Waals surface area contributed by atoms with Gasteiger partial charge in [-0.25, -0.2) is 0 Å². The molecule has 1 heterocycles. The number of carbonyl (C=O) groups is 1. The molecule has 1 amide bonds. The van der Waals surface area contributed by atoms with E-state index in [1.54, 1.807) is 6.08 Å². The number of likely N-dealkylation sites (tertiary alicyclic amines) is 1. The molecular formula is C16H22N2O. The van der Waals surface area contributed by atoms with Gasteiger partial charge in [-0.05, 0) is 37.3 Å². The van der Waals surface area contributed by atoms with Gasteiger partial charge in [0.1, 0.15) is 0 Å². The fourth-order valence-electron chi connectivity index (χ4n) is 2.48. The number of hydrogen-bond acceptors (Lipinski definition) is 2. The molecule has 1 aromatic rings. The van der Waals surface area contributed by atoms with Crippen LogP contribution in [0.4, 0.5) is 0 Å². The Labute approximate surface area is 115 Å². The van der Waals surface area contributed by atoms with E-state index in [4.69, 9.17) is 5.73 Å². The third-order valence-electron chi connectivity index (χ3n) is 3.81. The van der Waals surface area contributed by atoms with E-state index >= 15 is 0 Å². The van der Waals surface area contributed by atoms with Crippen molar-refractivity contribution in [3.63, 3.8) is 0 Å². The van der Waals surface area contributed by atoms with Crippen molar-refractivity contribution in [1.29, 1.82) is 0 Å². The first-order chi connectivity index (χ1) is 9.16. The van der Waals surface area contributed by atoms with E-state index in [2.05, 4.69) is 6.92 Å². The van der Waals surface area contributed by atoms with Crippen molar-refractivity contribution >= 4 is 12.0 Å². The maximum atomic E-state index is 12.1. The number of amides is 1. The molecule has 3 nitrogen and oxygen atoms in total. The maximum Gasteiger partial charge on any atom is 0.246 e. The molecule has 19 heavy (non-hydrogen) atoms. The van der Waals surface area contributed by atoms with Gasteiger partial charge < -0.3 is 10.6 Å². The number of carbonyl (C=O) groups excluding carboxylic acids is 1. The second-order valence-corrected chi connectivity index (χ2v) is 5.27. The van der Waals surface area contributed by atoms with E-state index in [-0.39, 0.29) is 11.9 Å². The molecule has 0 saturated carbocycles. The Hall–Kier alpha value is -1.61. The number of nitrogens with zero attached hydrogens (tertiary/aromatic N) is 1. The minimum absolute atomic E-state index is 0.104. The summed E-state index contributed by atoms with van der Waals surface area (Å²) < 4.78 is 0. The van der Waals surface area contributed by atoms with Crippen molar-refractivity contribution in [1.82, 2.24) is 4.90 Å². The summed E-state index contributed by atoms with van der Waals surface area (Å²) in [5.74, 6) is 0.661. The Morgan fingerprint density at radius 2 is 1.95 bits per heavy atom. The van der Waals surface area contributed by atoms with Crippen molar-refractivity contribution in [2.75, 3.05) is 13.1 Å². The van der Waals surface area contributed by atoms with Gasteiger partial charge in [-0.1, -0.05) is 30.3 Å². The molecule has 1 aliphatic rings. The van der Waals surface area contributed by atoms with Crippen molar-refractivity contribution in [2.45, 2.75) is 25.8 Å². The van der Waals surface area contributed by atoms with E-state index in [1.807, 2.05) is 41.3 Å². The van der Waals surface area contributed by atoms with Gasteiger partial charge in [-0.3, -0.25) is 4.79 Å². The highest BCUT2D eigenvalue weighted by molar-refractivity contribution is 5.91. The molecule has 3 heteroatoms. The molecule has 0 bridgehead atoms. The van der Waals surface area contributed by atoms with Crippen LogP contribution in [0.1, 0.15) is 25.3 Å². The molecule has 1 atom stereocenters. The molecular weight excluding hydrogens is 236 g/mol. The lowest BCUT2D eigenvalue weighted by Crippen LogP contribution is -2.41. The predicted octanol–water partition coefficient (Wildman–Crippen LogP) is 2.29. The first kappa shape index (κ1) is 13.8. The second-order valence-electron chi connectivity index (χ2n) is 5.27. The number of hydrogen-bond donors (Lipinski definition) is 1. The second kappa shape index (κ2) is 6.53. The highest BCUT2D eigenvalue weighted by Gasteiger charge is 2.23. The van der Waals surface area contributed by atoms with E-state index in [1.165, 1.54) is 0 Å². The summed E-state index contributed by atoms with van der Waals surface area (Å²) in [4.78, 5) is 14.0. The topological polar surface area (TPSA) is 46.3 Å². The average Bonchev–Trinajstić information content (AvgIpc) is 2.46. The van der Waals surface area contributed by atoms with Gasteiger partial charge in [0, 0.05) is 25.2 Å². The fraction of sp³-hybridized carbons (Fsp3) is 0.438. The average molecular weight is 258 g/mol. The van der Waals surface area contributed by atoms with Crippen molar-refractivity contribution < 1.29 is 4.79 Å². The van der Waals surface area contributed by atoms with Crippen molar-refractivity contribution in [3.05, 3.63) is 42.0 Å². The van der Waals surface area contributed by atoms with E-state index in [9.17, 15) is 4.79 Å². The van der Waals surface area contributed by atoms with E-state index in [0.29, 0.717) is 5.92 Å². The largest absolute Gasteiger partial charge is 0.339 e. The molecule has 1 fully saturated rings. The van der Waals surface area contributed by atoms with Crippen LogP contribution in [0.2, 0.25) is 0 Å². The van der Waals surface area contributed by atoms with Gasteiger partial charge in [-0.2, -0.15) is 0 Å². The van der Waals surface area contributed by atoms with Crippen LogP contribution in [-0.2, 0) is 4.79 Å². The molecule has 1 aliphatic heterocycles. The van der Waals surface area contributed by atoms with Crippen molar-refractivity contribution in [2.24, 2.45) is 11.7 Å². The van der Waals surface area contributed by atoms with Crippen LogP contribution in [0.5, 0.6) is 0 Å². The summed E-state index contributed by atoms with van der Waals surface area (Å²) in [6.45, 7) is 3.70. The van der Waals surface area contributed by atoms with Gasteiger partial charge in [0.15, 0.2) is 0 Å². The molecule has 0 radical (unpaired) electrons. The van der Waals surface area contributed by atoms with Crippen LogP contribution >= 0.6 is 0 Å². The van der Waals surface area contributed by atoms with Gasteiger partial charge in [-0.15, -0.1) is 0 Å². The minimum Gasteiger partial charge on any atom is -0.339 e. The molecule has 0 aromatic heterocycles. The standard InChI is InChI=1S/C16H22N2O/c1-13(17)15-9-11-18(12-10-15)16(19)8-7-14-5-3-2-4-6-14/h2-8,13,15H,9-12,17H2,1H3/b8-7+. The molecule has 1 aromatic carbocycles. The summed E-state index contributed by atoms with van der Waals surface area (Å²) in [6.07, 6.45) is 5.58. The monoisotopic (exact) mass is 258 g/mol. The highest BCUT2D eigenvalue weighted by Crippen LogP contribution is 2.19. The Balaban J connectivity index is 1.86. The summed E-state index contributed by atoms with van der Waals surface area (Å²) in [7, 11) is 0. The Morgan fingerprint density at radius 3 is 2.53 bits per heavy atom. The third kappa shape index (κ3) is 3.93. The molecule has 1 unspecified atom stereocenters. The van der Waals surface area contributed by atoms with Crippen LogP contribution < -0.4 is 5.73 Å². The van der Waals surface area contributed by atoms with Crippen LogP contribution in [-0.4, -0.2) is 29.9 Å². The van der Waals surface area contributed by atoms with Crippen LogP contribution in [0.15, 0.2) is 36.4 Å². The molecule has 1 saturated heterocycles. The number of piperidine rings is 1. The van der Waals surface area contributed by atoms with E-state index < -0.39 is 0 Å². The fourth-order valence-corrected chi connectivity index (χ4v) is 2.48. The van der Waals surface area contributed by atoms with Crippen molar-refractivity contribution in [3.8, 4) is 0 Å². The van der Waals surface area contributed by atoms with Gasteiger partial charge in [0.25, 0.3) is 0 Å². The van der Waals surface area contributed by atoms with Gasteiger partial charge in [0.2, 0.25) is 5.91 Å². The zero-order chi connectivity index (χ0) is 13.7. The van der Waals surface area contributed by atoms with Crippen LogP contribution in [0.25, 0.3) is 6.08 Å². The molecule has 0 aliphatic carbocycles. The predicted molar refractivity (Wildman–Crippen MR) is 78.4 cm³/mol. The Bertz CT molecular complexity index is 431. The number of rotatable bonds is 3. The third-order valence-corrected chi connectivity index (χ3v) is 3.81. The Kier molecular flexibility index (Phi) is 4.74. The van der Waals surface area contributed by atoms with Crippen LogP contribution in [0.3, 0.4) is 0 Å². The summed E-state index contributed by atoms with van der Waals surface area (Å²) in [5, 5.41) is 0. The first-order valence-electron chi connectivity index (χ1n) is 6.94. The lowest BCUT2D eigenvalue weighted by Gasteiger charge is -2.33. The molecule has 0 spiro atoms. The first-order valence-corrected chi connectivity index (χ1v) is 6.94. The van der Waals surface area contributed by atoms with Gasteiger partial charge in [0.05, 0.1) is 0 Å². The normalized spacial score (nSPS) is 18.7. The summed E-state index contributed by atoms with van der Waals surface area (Å²) in [6, 6.07) is 10.1. The van der Waals surface area contributed by atoms with Gasteiger partial charge >= 0.3 is 0 Å². The van der Waals surface area contributed by atoms with Crippen LogP contribution in [0, 0.1) is 5.92 Å². The maximum absolute atomic E-state index is 12.1. The minimum atomic E-state index is 0.104. The zero-order valence-electron chi connectivity index (χ0n) is 11.5. The number of benzene rings is 1. The molecule has 102 valence electrons. The number of nitrogens with two attached hydrogens (primary N) is 1. The summed E-state index contributed by atoms with van der Waals surface area (Å²) in [5.41, 5.74) is 6.96. The SMILES string of the molecule is CC(N)C1CCN(C(=O)/C=C/c2ccccc2)CC1. The molecule has 2 N–H and O–H groups in total. The zero-order valence-corrected chi connectivity index (χ0v) is 11.5. The van der Waals surface area contributed by atoms with E-state index in [0.717, 1.165) is 31.5 Å².